The van der Waals surface area contributed by atoms with Crippen LogP contribution in [0.1, 0.15) is 0 Å². The van der Waals surface area contributed by atoms with Crippen LogP contribution < -0.4 is 0 Å². The van der Waals surface area contributed by atoms with Crippen molar-refractivity contribution in [3.05, 3.63) is 128 Å². The molecule has 0 bridgehead atoms. The molecule has 0 spiro atoms. The third-order valence-electron chi connectivity index (χ3n) is 8.13. The monoisotopic (exact) mass is 523 g/mol. The summed E-state index contributed by atoms with van der Waals surface area (Å²) in [6.07, 6.45) is 3.68. The van der Waals surface area contributed by atoms with Crippen LogP contribution in [0.25, 0.3) is 87.8 Å². The van der Waals surface area contributed by atoms with E-state index in [0.29, 0.717) is 0 Å². The van der Waals surface area contributed by atoms with E-state index in [1.54, 1.807) is 0 Å². The van der Waals surface area contributed by atoms with Gasteiger partial charge in [-0.15, -0.1) is 0 Å². The Hall–Kier alpha value is -5.61. The van der Waals surface area contributed by atoms with Gasteiger partial charge >= 0.3 is 0 Å². The lowest BCUT2D eigenvalue weighted by Crippen LogP contribution is -1.95. The lowest BCUT2D eigenvalue weighted by atomic mass is 9.92. The smallest absolute Gasteiger partial charge is 0.143 e. The van der Waals surface area contributed by atoms with Crippen molar-refractivity contribution in [2.24, 2.45) is 0 Å². The predicted molar refractivity (Wildman–Crippen MR) is 168 cm³/mol. The minimum absolute atomic E-state index is 0.891. The third kappa shape index (κ3) is 3.19. The molecule has 5 aromatic carbocycles. The highest BCUT2D eigenvalue weighted by atomic mass is 16.3. The van der Waals surface area contributed by atoms with E-state index in [0.717, 1.165) is 87.8 Å². The Morgan fingerprint density at radius 1 is 0.488 bits per heavy atom. The highest BCUT2D eigenvalue weighted by Gasteiger charge is 2.19. The molecule has 4 heteroatoms. The van der Waals surface area contributed by atoms with Crippen molar-refractivity contribution in [3.63, 3.8) is 0 Å². The van der Waals surface area contributed by atoms with Crippen LogP contribution in [0.5, 0.6) is 0 Å². The average molecular weight is 524 g/mol. The second-order valence-corrected chi connectivity index (χ2v) is 10.4. The van der Waals surface area contributed by atoms with Gasteiger partial charge in [0.2, 0.25) is 0 Å². The summed E-state index contributed by atoms with van der Waals surface area (Å²) in [6, 6.07) is 39.8. The van der Waals surface area contributed by atoms with Crippen LogP contribution >= 0.6 is 0 Å². The first-order valence-electron chi connectivity index (χ1n) is 13.7. The summed E-state index contributed by atoms with van der Waals surface area (Å²) in [5.74, 6) is 0. The van der Waals surface area contributed by atoms with Crippen molar-refractivity contribution < 1.29 is 4.42 Å². The van der Waals surface area contributed by atoms with E-state index in [1.807, 2.05) is 42.7 Å². The van der Waals surface area contributed by atoms with Gasteiger partial charge in [-0.3, -0.25) is 9.97 Å². The van der Waals surface area contributed by atoms with E-state index >= 15 is 0 Å². The fraction of sp³-hybridized carbons (Fsp3) is 0. The quantitative estimate of drug-likeness (QED) is 0.212. The van der Waals surface area contributed by atoms with Gasteiger partial charge in [-0.25, -0.2) is 4.98 Å². The Bertz CT molecular complexity index is 2480. The number of rotatable bonds is 2. The molecule has 0 amide bonds. The zero-order valence-electron chi connectivity index (χ0n) is 21.9. The summed E-state index contributed by atoms with van der Waals surface area (Å²) in [4.78, 5) is 14.9. The fourth-order valence-electron chi connectivity index (χ4n) is 6.35. The highest BCUT2D eigenvalue weighted by Crippen LogP contribution is 2.43. The van der Waals surface area contributed by atoms with Crippen LogP contribution in [0, 0.1) is 0 Å². The first kappa shape index (κ1) is 22.2. The summed E-state index contributed by atoms with van der Waals surface area (Å²) in [5, 5.41) is 7.70. The fourth-order valence-corrected chi connectivity index (χ4v) is 6.35. The van der Waals surface area contributed by atoms with Gasteiger partial charge in [0, 0.05) is 61.2 Å². The largest absolute Gasteiger partial charge is 0.455 e. The van der Waals surface area contributed by atoms with E-state index < -0.39 is 0 Å². The molecule has 0 radical (unpaired) electrons. The number of benzene rings is 5. The first-order valence-corrected chi connectivity index (χ1v) is 13.7. The molecule has 0 aliphatic carbocycles. The van der Waals surface area contributed by atoms with Crippen molar-refractivity contribution in [3.8, 4) is 22.4 Å². The second-order valence-electron chi connectivity index (χ2n) is 10.4. The maximum atomic E-state index is 6.38. The Morgan fingerprint density at radius 2 is 1.20 bits per heavy atom. The molecule has 0 aliphatic heterocycles. The maximum absolute atomic E-state index is 6.38. The Balaban J connectivity index is 1.43. The van der Waals surface area contributed by atoms with Gasteiger partial charge in [0.05, 0.1) is 22.2 Å². The number of pyridine rings is 3. The van der Waals surface area contributed by atoms with Crippen molar-refractivity contribution in [2.75, 3.05) is 0 Å². The van der Waals surface area contributed by atoms with Gasteiger partial charge in [0.15, 0.2) is 0 Å². The summed E-state index contributed by atoms with van der Waals surface area (Å²) in [7, 11) is 0. The molecule has 0 unspecified atom stereocenters. The Kier molecular flexibility index (Phi) is 4.58. The number of nitrogens with zero attached hydrogens (tertiary/aromatic N) is 3. The van der Waals surface area contributed by atoms with Gasteiger partial charge in [-0.2, -0.15) is 0 Å². The van der Waals surface area contributed by atoms with Gasteiger partial charge in [-0.05, 0) is 29.8 Å². The lowest BCUT2D eigenvalue weighted by molar-refractivity contribution is 0.670. The topological polar surface area (TPSA) is 51.8 Å². The summed E-state index contributed by atoms with van der Waals surface area (Å²) >= 11 is 0. The lowest BCUT2D eigenvalue weighted by Gasteiger charge is -2.16. The molecule has 9 rings (SSSR count). The van der Waals surface area contributed by atoms with Gasteiger partial charge in [0.1, 0.15) is 11.2 Å². The zero-order valence-corrected chi connectivity index (χ0v) is 21.9. The van der Waals surface area contributed by atoms with Crippen molar-refractivity contribution in [1.82, 2.24) is 15.0 Å². The zero-order chi connectivity index (χ0) is 26.9. The second kappa shape index (κ2) is 8.44. The molecular formula is C37H21N3O. The van der Waals surface area contributed by atoms with Crippen LogP contribution in [0.15, 0.2) is 132 Å². The maximum Gasteiger partial charge on any atom is 0.143 e. The van der Waals surface area contributed by atoms with E-state index in [-0.39, 0.29) is 0 Å². The number of para-hydroxylation sites is 2. The van der Waals surface area contributed by atoms with Crippen LogP contribution in [-0.4, -0.2) is 15.0 Å². The van der Waals surface area contributed by atoms with Crippen LogP contribution in [-0.2, 0) is 0 Å². The highest BCUT2D eigenvalue weighted by molar-refractivity contribution is 6.32. The standard InChI is InChI=1S/C37H21N3O/c1-2-9-22(10-3-1)34-33-29-15-8-20-39-36(29)35-28(14-7-19-38-35)32(33)27-18-17-23(21-30(27)40-34)24-12-6-13-26-25-11-4-5-16-31(25)41-37(24)26/h1-21H. The van der Waals surface area contributed by atoms with Crippen molar-refractivity contribution in [1.29, 1.82) is 0 Å². The minimum Gasteiger partial charge on any atom is -0.455 e. The van der Waals surface area contributed by atoms with Crippen LogP contribution in [0.4, 0.5) is 0 Å². The Labute approximate surface area is 234 Å². The van der Waals surface area contributed by atoms with Crippen LogP contribution in [0.3, 0.4) is 0 Å². The number of furan rings is 1. The molecule has 41 heavy (non-hydrogen) atoms. The molecule has 190 valence electrons. The molecule has 9 aromatic rings. The van der Waals surface area contributed by atoms with Gasteiger partial charge < -0.3 is 4.42 Å². The van der Waals surface area contributed by atoms with Crippen LogP contribution in [0.2, 0.25) is 0 Å². The molecule has 0 aliphatic rings. The third-order valence-corrected chi connectivity index (χ3v) is 8.13. The molecule has 0 N–H and O–H groups in total. The molecule has 0 saturated carbocycles. The normalized spacial score (nSPS) is 11.9. The Morgan fingerprint density at radius 3 is 2.02 bits per heavy atom. The van der Waals surface area contributed by atoms with E-state index in [9.17, 15) is 0 Å². The molecule has 0 saturated heterocycles. The number of hydrogen-bond donors (Lipinski definition) is 0. The van der Waals surface area contributed by atoms with E-state index in [4.69, 9.17) is 19.4 Å². The van der Waals surface area contributed by atoms with E-state index in [1.165, 1.54) is 0 Å². The molecule has 4 nitrogen and oxygen atoms in total. The molecule has 0 atom stereocenters. The van der Waals surface area contributed by atoms with Crippen molar-refractivity contribution in [2.45, 2.75) is 0 Å². The molecule has 4 aromatic heterocycles. The summed E-state index contributed by atoms with van der Waals surface area (Å²) < 4.78 is 6.38. The molecule has 4 heterocycles. The summed E-state index contributed by atoms with van der Waals surface area (Å²) in [5.41, 5.74) is 8.63. The summed E-state index contributed by atoms with van der Waals surface area (Å²) in [6.45, 7) is 0. The minimum atomic E-state index is 0.891. The number of aromatic nitrogens is 3. The first-order chi connectivity index (χ1) is 20.3. The number of hydrogen-bond acceptors (Lipinski definition) is 4. The van der Waals surface area contributed by atoms with E-state index in [2.05, 4.69) is 84.9 Å². The molecular weight excluding hydrogens is 502 g/mol. The number of fused-ring (bicyclic) bond motifs is 11. The average Bonchev–Trinajstić information content (AvgIpc) is 3.43. The SMILES string of the molecule is c1ccc(-c2nc3cc(-c4cccc5c4oc4ccccc45)ccc3c3c4cccnc4c4ncccc4c23)cc1. The van der Waals surface area contributed by atoms with Gasteiger partial charge in [0.25, 0.3) is 0 Å². The predicted octanol–water partition coefficient (Wildman–Crippen LogP) is 9.72. The van der Waals surface area contributed by atoms with Gasteiger partial charge in [-0.1, -0.05) is 91.0 Å². The molecule has 0 fully saturated rings. The van der Waals surface area contributed by atoms with Crippen molar-refractivity contribution >= 4 is 65.4 Å².